The van der Waals surface area contributed by atoms with Gasteiger partial charge in [0.05, 0.1) is 0 Å². The maximum absolute atomic E-state index is 12.1. The number of hydrogen-bond donors (Lipinski definition) is 1. The second kappa shape index (κ2) is 6.26. The zero-order chi connectivity index (χ0) is 14.6. The number of urea groups is 1. The lowest BCUT2D eigenvalue weighted by atomic mass is 10.0. The van der Waals surface area contributed by atoms with E-state index in [0.29, 0.717) is 0 Å². The Hall–Kier alpha value is -1.26. The Labute approximate surface area is 115 Å². The quantitative estimate of drug-likeness (QED) is 0.799. The van der Waals surface area contributed by atoms with Gasteiger partial charge >= 0.3 is 12.0 Å². The molecule has 0 aromatic rings. The number of hydrogen-bond acceptors (Lipinski definition) is 3. The van der Waals surface area contributed by atoms with Crippen molar-refractivity contribution in [3.05, 3.63) is 0 Å². The van der Waals surface area contributed by atoms with Crippen molar-refractivity contribution in [1.82, 2.24) is 10.2 Å². The minimum Gasteiger partial charge on any atom is -0.458 e. The smallest absolute Gasteiger partial charge is 0.329 e. The molecule has 0 spiro atoms. The van der Waals surface area contributed by atoms with Gasteiger partial charge < -0.3 is 15.0 Å². The number of carbonyl (C=O) groups is 2. The Morgan fingerprint density at radius 3 is 2.11 bits per heavy atom. The number of likely N-dealkylation sites (tertiary alicyclic amines) is 1. The molecule has 19 heavy (non-hydrogen) atoms. The van der Waals surface area contributed by atoms with E-state index in [1.807, 2.05) is 34.6 Å². The molecule has 0 aliphatic carbocycles. The Kier molecular flexibility index (Phi) is 5.20. The van der Waals surface area contributed by atoms with Crippen LogP contribution in [0.3, 0.4) is 0 Å². The van der Waals surface area contributed by atoms with Gasteiger partial charge in [-0.05, 0) is 39.5 Å². The van der Waals surface area contributed by atoms with E-state index in [9.17, 15) is 9.59 Å². The van der Waals surface area contributed by atoms with Crippen LogP contribution in [-0.4, -0.2) is 41.6 Å². The predicted octanol–water partition coefficient (Wildman–Crippen LogP) is 2.16. The van der Waals surface area contributed by atoms with Gasteiger partial charge in [-0.2, -0.15) is 0 Å². The molecule has 2 amide bonds. The summed E-state index contributed by atoms with van der Waals surface area (Å²) < 4.78 is 5.35. The summed E-state index contributed by atoms with van der Waals surface area (Å²) in [4.78, 5) is 25.9. The molecule has 5 nitrogen and oxygen atoms in total. The standard InChI is InChI=1S/C14H26N2O3/c1-10(2)11(12(17)19-14(3,4)5)15-13(18)16-8-6-7-9-16/h10-11H,6-9H2,1-5H3,(H,15,18)/t11-/m0/s1. The zero-order valence-electron chi connectivity index (χ0n) is 12.7. The molecule has 1 saturated heterocycles. The van der Waals surface area contributed by atoms with Crippen LogP contribution in [0.4, 0.5) is 4.79 Å². The average molecular weight is 270 g/mol. The molecular formula is C14H26N2O3. The molecule has 5 heteroatoms. The van der Waals surface area contributed by atoms with Gasteiger partial charge in [0.1, 0.15) is 11.6 Å². The molecule has 1 fully saturated rings. The van der Waals surface area contributed by atoms with E-state index in [1.54, 1.807) is 4.90 Å². The van der Waals surface area contributed by atoms with E-state index >= 15 is 0 Å². The van der Waals surface area contributed by atoms with Crippen molar-refractivity contribution in [2.24, 2.45) is 5.92 Å². The van der Waals surface area contributed by atoms with Gasteiger partial charge in [-0.1, -0.05) is 13.8 Å². The average Bonchev–Trinajstić information content (AvgIpc) is 2.75. The van der Waals surface area contributed by atoms with Crippen molar-refractivity contribution >= 4 is 12.0 Å². The summed E-state index contributed by atoms with van der Waals surface area (Å²) in [7, 11) is 0. The van der Waals surface area contributed by atoms with Crippen LogP contribution in [0.15, 0.2) is 0 Å². The van der Waals surface area contributed by atoms with E-state index < -0.39 is 11.6 Å². The van der Waals surface area contributed by atoms with Gasteiger partial charge in [-0.15, -0.1) is 0 Å². The molecule has 0 radical (unpaired) electrons. The number of nitrogens with one attached hydrogen (secondary N) is 1. The van der Waals surface area contributed by atoms with E-state index in [4.69, 9.17) is 4.74 Å². The maximum Gasteiger partial charge on any atom is 0.329 e. The molecular weight excluding hydrogens is 244 g/mol. The fourth-order valence-electron chi connectivity index (χ4n) is 2.01. The first-order valence-corrected chi connectivity index (χ1v) is 6.99. The number of rotatable bonds is 3. The van der Waals surface area contributed by atoms with Crippen molar-refractivity contribution in [3.8, 4) is 0 Å². The van der Waals surface area contributed by atoms with Crippen LogP contribution < -0.4 is 5.32 Å². The lowest BCUT2D eigenvalue weighted by Crippen LogP contribution is -2.51. The first-order chi connectivity index (χ1) is 8.70. The van der Waals surface area contributed by atoms with Crippen molar-refractivity contribution in [1.29, 1.82) is 0 Å². The highest BCUT2D eigenvalue weighted by molar-refractivity contribution is 5.84. The molecule has 0 unspecified atom stereocenters. The second-order valence-electron chi connectivity index (χ2n) is 6.40. The molecule has 0 bridgehead atoms. The molecule has 1 heterocycles. The van der Waals surface area contributed by atoms with Crippen LogP contribution in [0.1, 0.15) is 47.5 Å². The lowest BCUT2D eigenvalue weighted by Gasteiger charge is -2.28. The number of carbonyl (C=O) groups excluding carboxylic acids is 2. The minimum atomic E-state index is -0.590. The summed E-state index contributed by atoms with van der Waals surface area (Å²) in [5, 5.41) is 2.79. The summed E-state index contributed by atoms with van der Waals surface area (Å²) >= 11 is 0. The number of ether oxygens (including phenoxy) is 1. The number of nitrogens with zero attached hydrogens (tertiary/aromatic N) is 1. The van der Waals surface area contributed by atoms with Crippen molar-refractivity contribution < 1.29 is 14.3 Å². The normalized spacial score (nSPS) is 17.5. The molecule has 1 aliphatic rings. The van der Waals surface area contributed by atoms with E-state index in [1.165, 1.54) is 0 Å². The molecule has 0 aromatic heterocycles. The van der Waals surface area contributed by atoms with Gasteiger partial charge in [-0.25, -0.2) is 9.59 Å². The molecule has 1 rings (SSSR count). The summed E-state index contributed by atoms with van der Waals surface area (Å²) in [6.07, 6.45) is 2.07. The summed E-state index contributed by atoms with van der Waals surface area (Å²) in [5.74, 6) is -0.364. The molecule has 110 valence electrons. The van der Waals surface area contributed by atoms with Crippen LogP contribution in [0.5, 0.6) is 0 Å². The number of amides is 2. The lowest BCUT2D eigenvalue weighted by molar-refractivity contribution is -0.158. The highest BCUT2D eigenvalue weighted by Gasteiger charge is 2.31. The molecule has 1 aliphatic heterocycles. The van der Waals surface area contributed by atoms with Crippen LogP contribution in [0, 0.1) is 5.92 Å². The van der Waals surface area contributed by atoms with E-state index in [0.717, 1.165) is 25.9 Å². The third-order valence-corrected chi connectivity index (χ3v) is 3.00. The Balaban J connectivity index is 2.62. The fraction of sp³-hybridized carbons (Fsp3) is 0.857. The van der Waals surface area contributed by atoms with Crippen LogP contribution in [-0.2, 0) is 9.53 Å². The Bertz CT molecular complexity index is 328. The molecule has 1 N–H and O–H groups in total. The summed E-state index contributed by atoms with van der Waals surface area (Å²) in [6.45, 7) is 10.8. The van der Waals surface area contributed by atoms with Crippen LogP contribution >= 0.6 is 0 Å². The monoisotopic (exact) mass is 270 g/mol. The Morgan fingerprint density at radius 1 is 1.16 bits per heavy atom. The minimum absolute atomic E-state index is 0.00130. The second-order valence-corrected chi connectivity index (χ2v) is 6.40. The third kappa shape index (κ3) is 5.09. The SMILES string of the molecule is CC(C)[C@H](NC(=O)N1CCCC1)C(=O)OC(C)(C)C. The van der Waals surface area contributed by atoms with Crippen LogP contribution in [0.25, 0.3) is 0 Å². The summed E-state index contributed by atoms with van der Waals surface area (Å²) in [6, 6.07) is -0.755. The highest BCUT2D eigenvalue weighted by atomic mass is 16.6. The van der Waals surface area contributed by atoms with Gasteiger partial charge in [0.25, 0.3) is 0 Å². The first-order valence-electron chi connectivity index (χ1n) is 6.99. The summed E-state index contributed by atoms with van der Waals surface area (Å²) in [5.41, 5.74) is -0.539. The van der Waals surface area contributed by atoms with Crippen molar-refractivity contribution in [3.63, 3.8) is 0 Å². The Morgan fingerprint density at radius 2 is 1.68 bits per heavy atom. The zero-order valence-corrected chi connectivity index (χ0v) is 12.7. The number of esters is 1. The predicted molar refractivity (Wildman–Crippen MR) is 73.8 cm³/mol. The third-order valence-electron chi connectivity index (χ3n) is 3.00. The van der Waals surface area contributed by atoms with Gasteiger partial charge in [-0.3, -0.25) is 0 Å². The molecule has 1 atom stereocenters. The van der Waals surface area contributed by atoms with E-state index in [-0.39, 0.29) is 17.9 Å². The fourth-order valence-corrected chi connectivity index (χ4v) is 2.01. The topological polar surface area (TPSA) is 58.6 Å². The van der Waals surface area contributed by atoms with Gasteiger partial charge in [0.15, 0.2) is 0 Å². The van der Waals surface area contributed by atoms with Crippen molar-refractivity contribution in [2.75, 3.05) is 13.1 Å². The largest absolute Gasteiger partial charge is 0.458 e. The van der Waals surface area contributed by atoms with Gasteiger partial charge in [0, 0.05) is 13.1 Å². The molecule has 0 saturated carbocycles. The first kappa shape index (κ1) is 15.8. The van der Waals surface area contributed by atoms with Gasteiger partial charge in [0.2, 0.25) is 0 Å². The van der Waals surface area contributed by atoms with Crippen molar-refractivity contribution in [2.45, 2.75) is 59.1 Å². The van der Waals surface area contributed by atoms with E-state index in [2.05, 4.69) is 5.32 Å². The van der Waals surface area contributed by atoms with Crippen LogP contribution in [0.2, 0.25) is 0 Å². The maximum atomic E-state index is 12.1. The highest BCUT2D eigenvalue weighted by Crippen LogP contribution is 2.14. The molecule has 0 aromatic carbocycles.